The van der Waals surface area contributed by atoms with E-state index in [1.54, 1.807) is 28.6 Å². The summed E-state index contributed by atoms with van der Waals surface area (Å²) in [6.07, 6.45) is 5.46. The third kappa shape index (κ3) is 2.65. The Morgan fingerprint density at radius 2 is 1.86 bits per heavy atom. The van der Waals surface area contributed by atoms with Crippen molar-refractivity contribution in [2.45, 2.75) is 50.0 Å². The van der Waals surface area contributed by atoms with Gasteiger partial charge in [0.25, 0.3) is 0 Å². The van der Waals surface area contributed by atoms with Crippen LogP contribution in [0.15, 0.2) is 29.2 Å². The summed E-state index contributed by atoms with van der Waals surface area (Å²) < 4.78 is 33.4. The monoisotopic (exact) mass is 323 g/mol. The number of sulfonamides is 1. The van der Waals surface area contributed by atoms with E-state index in [-0.39, 0.29) is 6.04 Å². The molecule has 1 heterocycles. The molecule has 1 aromatic rings. The number of para-hydroxylation sites is 1. The van der Waals surface area contributed by atoms with Gasteiger partial charge in [-0.05, 0) is 43.2 Å². The molecule has 1 aliphatic heterocycles. The molecule has 2 aliphatic rings. The fourth-order valence-electron chi connectivity index (χ4n) is 4.13. The van der Waals surface area contributed by atoms with Crippen LogP contribution in [0.4, 0.5) is 0 Å². The number of fused-ring (bicyclic) bond motifs is 1. The van der Waals surface area contributed by atoms with E-state index >= 15 is 0 Å². The number of nitrogens with zero attached hydrogens (tertiary/aromatic N) is 1. The van der Waals surface area contributed by atoms with Gasteiger partial charge in [0.05, 0.1) is 7.11 Å². The molecule has 0 aromatic heterocycles. The molecule has 1 saturated carbocycles. The van der Waals surface area contributed by atoms with Gasteiger partial charge < -0.3 is 4.74 Å². The predicted octanol–water partition coefficient (Wildman–Crippen LogP) is 3.28. The van der Waals surface area contributed by atoms with Crippen molar-refractivity contribution in [3.05, 3.63) is 24.3 Å². The molecule has 3 unspecified atom stereocenters. The second kappa shape index (κ2) is 6.20. The Balaban J connectivity index is 1.97. The van der Waals surface area contributed by atoms with Crippen molar-refractivity contribution in [2.75, 3.05) is 13.7 Å². The first-order valence-electron chi connectivity index (χ1n) is 8.20. The van der Waals surface area contributed by atoms with Gasteiger partial charge in [0.1, 0.15) is 10.6 Å². The van der Waals surface area contributed by atoms with E-state index in [1.807, 2.05) is 0 Å². The van der Waals surface area contributed by atoms with Gasteiger partial charge in [-0.2, -0.15) is 4.31 Å². The predicted molar refractivity (Wildman–Crippen MR) is 86.4 cm³/mol. The SMILES string of the molecule is COc1ccccc1S(=O)(=O)N1CCC(C)C2CCCCC21. The Labute approximate surface area is 133 Å². The van der Waals surface area contributed by atoms with Crippen LogP contribution in [0.1, 0.15) is 39.0 Å². The number of benzene rings is 1. The Hall–Kier alpha value is -1.07. The van der Waals surface area contributed by atoms with Crippen molar-refractivity contribution in [1.82, 2.24) is 4.31 Å². The summed E-state index contributed by atoms with van der Waals surface area (Å²) in [6, 6.07) is 7.11. The molecule has 1 saturated heterocycles. The van der Waals surface area contributed by atoms with Crippen LogP contribution in [0.2, 0.25) is 0 Å². The summed E-state index contributed by atoms with van der Waals surface area (Å²) in [5.74, 6) is 1.56. The molecule has 4 nitrogen and oxygen atoms in total. The van der Waals surface area contributed by atoms with Gasteiger partial charge >= 0.3 is 0 Å². The minimum Gasteiger partial charge on any atom is -0.495 e. The van der Waals surface area contributed by atoms with E-state index < -0.39 is 10.0 Å². The van der Waals surface area contributed by atoms with Crippen molar-refractivity contribution >= 4 is 10.0 Å². The van der Waals surface area contributed by atoms with Crippen LogP contribution in [0.25, 0.3) is 0 Å². The molecular formula is C17H25NO3S. The standard InChI is InChI=1S/C17H25NO3S/c1-13-11-12-18(15-8-4-3-7-14(13)15)22(19,20)17-10-6-5-9-16(17)21-2/h5-6,9-10,13-15H,3-4,7-8,11-12H2,1-2H3. The normalized spacial score (nSPS) is 29.8. The highest BCUT2D eigenvalue weighted by Gasteiger charge is 2.43. The minimum absolute atomic E-state index is 0.160. The maximum absolute atomic E-state index is 13.2. The van der Waals surface area contributed by atoms with Gasteiger partial charge in [0.2, 0.25) is 10.0 Å². The number of hydrogen-bond donors (Lipinski definition) is 0. The molecule has 5 heteroatoms. The zero-order valence-corrected chi connectivity index (χ0v) is 14.2. The Bertz CT molecular complexity index is 629. The Kier molecular flexibility index (Phi) is 4.46. The summed E-state index contributed by atoms with van der Waals surface area (Å²) in [6.45, 7) is 2.90. The van der Waals surface area contributed by atoms with Crippen molar-refractivity contribution < 1.29 is 13.2 Å². The second-order valence-corrected chi connectivity index (χ2v) is 8.41. The molecule has 3 atom stereocenters. The number of piperidine rings is 1. The quantitative estimate of drug-likeness (QED) is 0.857. The van der Waals surface area contributed by atoms with Crippen LogP contribution in [-0.4, -0.2) is 32.4 Å². The van der Waals surface area contributed by atoms with Crippen molar-refractivity contribution in [2.24, 2.45) is 11.8 Å². The topological polar surface area (TPSA) is 46.6 Å². The van der Waals surface area contributed by atoms with Gasteiger partial charge in [-0.25, -0.2) is 8.42 Å². The highest BCUT2D eigenvalue weighted by Crippen LogP contribution is 2.41. The molecule has 1 aliphatic carbocycles. The van der Waals surface area contributed by atoms with Crippen LogP contribution in [0.3, 0.4) is 0 Å². The Morgan fingerprint density at radius 3 is 2.64 bits per heavy atom. The van der Waals surface area contributed by atoms with Gasteiger partial charge in [-0.15, -0.1) is 0 Å². The van der Waals surface area contributed by atoms with Gasteiger partial charge in [-0.1, -0.05) is 31.9 Å². The van der Waals surface area contributed by atoms with Gasteiger partial charge in [0, 0.05) is 12.6 Å². The molecule has 0 radical (unpaired) electrons. The smallest absolute Gasteiger partial charge is 0.247 e. The number of hydrogen-bond acceptors (Lipinski definition) is 3. The zero-order chi connectivity index (χ0) is 15.7. The highest BCUT2D eigenvalue weighted by atomic mass is 32.2. The lowest BCUT2D eigenvalue weighted by Gasteiger charge is -2.46. The summed E-state index contributed by atoms with van der Waals surface area (Å²) in [4.78, 5) is 0.302. The molecule has 0 N–H and O–H groups in total. The maximum Gasteiger partial charge on any atom is 0.247 e. The van der Waals surface area contributed by atoms with Crippen LogP contribution < -0.4 is 4.74 Å². The minimum atomic E-state index is -3.49. The molecule has 122 valence electrons. The molecule has 0 amide bonds. The van der Waals surface area contributed by atoms with Crippen LogP contribution in [-0.2, 0) is 10.0 Å². The molecule has 2 fully saturated rings. The fraction of sp³-hybridized carbons (Fsp3) is 0.647. The third-order valence-electron chi connectivity index (χ3n) is 5.34. The highest BCUT2D eigenvalue weighted by molar-refractivity contribution is 7.89. The first kappa shape index (κ1) is 15.8. The fourth-order valence-corrected chi connectivity index (χ4v) is 6.00. The molecule has 0 bridgehead atoms. The van der Waals surface area contributed by atoms with E-state index in [9.17, 15) is 8.42 Å². The van der Waals surface area contributed by atoms with E-state index in [0.29, 0.717) is 29.0 Å². The number of methoxy groups -OCH3 is 1. The lowest BCUT2D eigenvalue weighted by atomic mass is 9.74. The molecule has 0 spiro atoms. The molecule has 1 aromatic carbocycles. The summed E-state index contributed by atoms with van der Waals surface area (Å²) >= 11 is 0. The van der Waals surface area contributed by atoms with Crippen molar-refractivity contribution in [1.29, 1.82) is 0 Å². The summed E-state index contributed by atoms with van der Waals surface area (Å²) in [5, 5.41) is 0. The van der Waals surface area contributed by atoms with E-state index in [0.717, 1.165) is 25.7 Å². The van der Waals surface area contributed by atoms with Crippen LogP contribution in [0.5, 0.6) is 5.75 Å². The molecular weight excluding hydrogens is 298 g/mol. The van der Waals surface area contributed by atoms with E-state index in [2.05, 4.69) is 6.92 Å². The lowest BCUT2D eigenvalue weighted by molar-refractivity contribution is 0.0826. The maximum atomic E-state index is 13.2. The van der Waals surface area contributed by atoms with Crippen molar-refractivity contribution in [3.8, 4) is 5.75 Å². The first-order chi connectivity index (χ1) is 10.6. The largest absolute Gasteiger partial charge is 0.495 e. The summed E-state index contributed by atoms with van der Waals surface area (Å²) in [5.41, 5.74) is 0. The third-order valence-corrected chi connectivity index (χ3v) is 7.31. The Morgan fingerprint density at radius 1 is 1.14 bits per heavy atom. The van der Waals surface area contributed by atoms with Crippen molar-refractivity contribution in [3.63, 3.8) is 0 Å². The van der Waals surface area contributed by atoms with Gasteiger partial charge in [0.15, 0.2) is 0 Å². The molecule has 22 heavy (non-hydrogen) atoms. The second-order valence-electron chi connectivity index (χ2n) is 6.55. The van der Waals surface area contributed by atoms with Crippen LogP contribution in [0, 0.1) is 11.8 Å². The number of ether oxygens (including phenoxy) is 1. The molecule has 3 rings (SSSR count). The van der Waals surface area contributed by atoms with E-state index in [1.165, 1.54) is 13.5 Å². The van der Waals surface area contributed by atoms with Gasteiger partial charge in [-0.3, -0.25) is 0 Å². The number of rotatable bonds is 3. The summed E-state index contributed by atoms with van der Waals surface area (Å²) in [7, 11) is -1.97. The first-order valence-corrected chi connectivity index (χ1v) is 9.64. The average Bonchev–Trinajstić information content (AvgIpc) is 2.55. The zero-order valence-electron chi connectivity index (χ0n) is 13.4. The average molecular weight is 323 g/mol. The van der Waals surface area contributed by atoms with E-state index in [4.69, 9.17) is 4.74 Å². The lowest BCUT2D eigenvalue weighted by Crippen LogP contribution is -2.52. The van der Waals surface area contributed by atoms with Crippen LogP contribution >= 0.6 is 0 Å².